The van der Waals surface area contributed by atoms with E-state index in [-0.39, 0.29) is 22.3 Å². The number of anilines is 1. The zero-order chi connectivity index (χ0) is 14.9. The van der Waals surface area contributed by atoms with Crippen LogP contribution in [0.15, 0.2) is 24.8 Å². The molecule has 1 fully saturated rings. The molecule has 7 heteroatoms. The van der Waals surface area contributed by atoms with Crippen molar-refractivity contribution in [2.45, 2.75) is 18.9 Å². The molecule has 6 nitrogen and oxygen atoms in total. The van der Waals surface area contributed by atoms with Crippen LogP contribution in [0.25, 0.3) is 0 Å². The molecule has 0 atom stereocenters. The molecule has 106 valence electrons. The number of halogens is 1. The number of nitro groups is 1. The lowest BCUT2D eigenvalue weighted by Gasteiger charge is -2.25. The Balaban J connectivity index is 2.57. The summed E-state index contributed by atoms with van der Waals surface area (Å²) in [5, 5.41) is 20.2. The molecule has 0 aliphatic heterocycles. The van der Waals surface area contributed by atoms with Crippen molar-refractivity contribution in [1.82, 2.24) is 0 Å². The molecule has 0 spiro atoms. The summed E-state index contributed by atoms with van der Waals surface area (Å²) in [7, 11) is 0. The van der Waals surface area contributed by atoms with Gasteiger partial charge in [0.2, 0.25) is 0 Å². The second-order valence-corrected chi connectivity index (χ2v) is 4.97. The first kappa shape index (κ1) is 14.3. The van der Waals surface area contributed by atoms with E-state index in [1.165, 1.54) is 6.07 Å². The molecule has 0 unspecified atom stereocenters. The Morgan fingerprint density at radius 2 is 2.25 bits per heavy atom. The molecule has 2 rings (SSSR count). The minimum atomic E-state index is -1.24. The number of non-ortho nitro benzene ring substituents is 1. The van der Waals surface area contributed by atoms with E-state index < -0.39 is 10.9 Å². The van der Waals surface area contributed by atoms with Crippen molar-refractivity contribution in [3.8, 4) is 0 Å². The lowest BCUT2D eigenvalue weighted by molar-refractivity contribution is -0.384. The number of rotatable bonds is 6. The van der Waals surface area contributed by atoms with E-state index in [2.05, 4.69) is 6.58 Å². The highest BCUT2D eigenvalue weighted by atomic mass is 35.5. The van der Waals surface area contributed by atoms with Gasteiger partial charge < -0.3 is 10.0 Å². The van der Waals surface area contributed by atoms with E-state index in [4.69, 9.17) is 11.6 Å². The first-order chi connectivity index (χ1) is 9.45. The molecular formula is C13H13ClN2O4. The fourth-order valence-electron chi connectivity index (χ4n) is 2.09. The summed E-state index contributed by atoms with van der Waals surface area (Å²) >= 11 is 6.08. The van der Waals surface area contributed by atoms with Crippen molar-refractivity contribution in [2.75, 3.05) is 11.4 Å². The Morgan fingerprint density at radius 3 is 2.70 bits per heavy atom. The molecule has 1 aromatic rings. The largest absolute Gasteiger partial charge is 0.478 e. The number of nitro benzene ring substituents is 1. The van der Waals surface area contributed by atoms with Gasteiger partial charge in [-0.15, -0.1) is 6.58 Å². The lowest BCUT2D eigenvalue weighted by atomic mass is 10.1. The molecule has 20 heavy (non-hydrogen) atoms. The minimum absolute atomic E-state index is 0.0744. The monoisotopic (exact) mass is 296 g/mol. The van der Waals surface area contributed by atoms with E-state index in [1.54, 1.807) is 6.08 Å². The van der Waals surface area contributed by atoms with E-state index in [0.29, 0.717) is 12.2 Å². The third-order valence-corrected chi connectivity index (χ3v) is 3.38. The van der Waals surface area contributed by atoms with Gasteiger partial charge >= 0.3 is 5.97 Å². The third kappa shape index (κ3) is 2.75. The topological polar surface area (TPSA) is 83.7 Å². The SMILES string of the molecule is C=CCN(c1c(Cl)cc([N+](=O)[O-])cc1C(=O)O)C1CC1. The Hall–Kier alpha value is -2.08. The Bertz CT molecular complexity index is 584. The van der Waals surface area contributed by atoms with Crippen LogP contribution in [0.4, 0.5) is 11.4 Å². The van der Waals surface area contributed by atoms with Crippen molar-refractivity contribution in [1.29, 1.82) is 0 Å². The molecular weight excluding hydrogens is 284 g/mol. The van der Waals surface area contributed by atoms with Gasteiger partial charge in [-0.25, -0.2) is 4.79 Å². The third-order valence-electron chi connectivity index (χ3n) is 3.09. The Kier molecular flexibility index (Phi) is 3.94. The molecule has 1 saturated carbocycles. The van der Waals surface area contributed by atoms with Crippen molar-refractivity contribution >= 4 is 28.9 Å². The Morgan fingerprint density at radius 1 is 1.60 bits per heavy atom. The summed E-state index contributed by atoms with van der Waals surface area (Å²) in [5.74, 6) is -1.24. The van der Waals surface area contributed by atoms with Gasteiger partial charge in [-0.2, -0.15) is 0 Å². The van der Waals surface area contributed by atoms with Crippen molar-refractivity contribution < 1.29 is 14.8 Å². The van der Waals surface area contributed by atoms with E-state index >= 15 is 0 Å². The second-order valence-electron chi connectivity index (χ2n) is 4.56. The van der Waals surface area contributed by atoms with E-state index in [9.17, 15) is 20.0 Å². The Labute approximate surface area is 120 Å². The second kappa shape index (κ2) is 5.50. The first-order valence-electron chi connectivity index (χ1n) is 6.04. The van der Waals surface area contributed by atoms with Crippen molar-refractivity contribution in [3.63, 3.8) is 0 Å². The fourth-order valence-corrected chi connectivity index (χ4v) is 2.42. The summed E-state index contributed by atoms with van der Waals surface area (Å²) in [5.41, 5.74) is -0.157. The van der Waals surface area contributed by atoms with Gasteiger partial charge in [-0.3, -0.25) is 10.1 Å². The standard InChI is InChI=1S/C13H13ClN2O4/c1-2-5-15(8-3-4-8)12-10(13(17)18)6-9(16(19)20)7-11(12)14/h2,6-8H,1,3-5H2,(H,17,18). The van der Waals surface area contributed by atoms with E-state index in [0.717, 1.165) is 18.9 Å². The average molecular weight is 297 g/mol. The highest BCUT2D eigenvalue weighted by Gasteiger charge is 2.33. The number of hydrogen-bond donors (Lipinski definition) is 1. The molecule has 0 heterocycles. The van der Waals surface area contributed by atoms with Crippen LogP contribution in [-0.2, 0) is 0 Å². The fraction of sp³-hybridized carbons (Fsp3) is 0.308. The zero-order valence-electron chi connectivity index (χ0n) is 10.6. The summed E-state index contributed by atoms with van der Waals surface area (Å²) in [6, 6.07) is 2.44. The maximum absolute atomic E-state index is 11.4. The van der Waals surface area contributed by atoms with Crippen LogP contribution in [0.3, 0.4) is 0 Å². The van der Waals surface area contributed by atoms with Gasteiger partial charge in [0, 0.05) is 24.7 Å². The molecule has 0 bridgehead atoms. The number of hydrogen-bond acceptors (Lipinski definition) is 4. The van der Waals surface area contributed by atoms with Crippen LogP contribution >= 0.6 is 11.6 Å². The molecule has 0 radical (unpaired) electrons. The number of carbonyl (C=O) groups is 1. The van der Waals surface area contributed by atoms with Gasteiger partial charge in [0.25, 0.3) is 5.69 Å². The number of aromatic carboxylic acids is 1. The predicted molar refractivity (Wildman–Crippen MR) is 75.6 cm³/mol. The number of benzene rings is 1. The number of carboxylic acids is 1. The van der Waals surface area contributed by atoms with Gasteiger partial charge in [0.1, 0.15) is 0 Å². The van der Waals surface area contributed by atoms with Crippen LogP contribution in [0.1, 0.15) is 23.2 Å². The summed E-state index contributed by atoms with van der Waals surface area (Å²) in [4.78, 5) is 23.4. The van der Waals surface area contributed by atoms with Crippen molar-refractivity contribution in [2.24, 2.45) is 0 Å². The zero-order valence-corrected chi connectivity index (χ0v) is 11.3. The van der Waals surface area contributed by atoms with Gasteiger partial charge in [-0.05, 0) is 12.8 Å². The van der Waals surface area contributed by atoms with Crippen molar-refractivity contribution in [3.05, 3.63) is 45.5 Å². The van der Waals surface area contributed by atoms with Gasteiger partial charge in [-0.1, -0.05) is 17.7 Å². The van der Waals surface area contributed by atoms with Crippen LogP contribution in [0.5, 0.6) is 0 Å². The maximum Gasteiger partial charge on any atom is 0.338 e. The van der Waals surface area contributed by atoms with Gasteiger partial charge in [0.05, 0.1) is 21.2 Å². The van der Waals surface area contributed by atoms with Crippen LogP contribution in [-0.4, -0.2) is 28.6 Å². The first-order valence-corrected chi connectivity index (χ1v) is 6.42. The van der Waals surface area contributed by atoms with E-state index in [1.807, 2.05) is 4.90 Å². The van der Waals surface area contributed by atoms with Crippen LogP contribution in [0.2, 0.25) is 5.02 Å². The van der Waals surface area contributed by atoms with Crippen LogP contribution in [0, 0.1) is 10.1 Å². The minimum Gasteiger partial charge on any atom is -0.478 e. The van der Waals surface area contributed by atoms with Gasteiger partial charge in [0.15, 0.2) is 0 Å². The molecule has 1 aliphatic carbocycles. The summed E-state index contributed by atoms with van der Waals surface area (Å²) in [6.07, 6.45) is 3.54. The normalized spacial score (nSPS) is 13.8. The molecule has 1 N–H and O–H groups in total. The quantitative estimate of drug-likeness (QED) is 0.495. The lowest BCUT2D eigenvalue weighted by Crippen LogP contribution is -2.28. The molecule has 1 aliphatic rings. The smallest absolute Gasteiger partial charge is 0.338 e. The highest BCUT2D eigenvalue weighted by molar-refractivity contribution is 6.34. The molecule has 0 aromatic heterocycles. The average Bonchev–Trinajstić information content (AvgIpc) is 3.19. The number of nitrogens with zero attached hydrogens (tertiary/aromatic N) is 2. The van der Waals surface area contributed by atoms with Crippen LogP contribution < -0.4 is 4.90 Å². The molecule has 0 amide bonds. The molecule has 0 saturated heterocycles. The summed E-state index contributed by atoms with van der Waals surface area (Å²) < 4.78 is 0. The predicted octanol–water partition coefficient (Wildman–Crippen LogP) is 3.10. The summed E-state index contributed by atoms with van der Waals surface area (Å²) in [6.45, 7) is 4.09. The number of carboxylic acid groups (broad SMARTS) is 1. The maximum atomic E-state index is 11.4. The highest BCUT2D eigenvalue weighted by Crippen LogP contribution is 2.40. The molecule has 1 aromatic carbocycles.